The van der Waals surface area contributed by atoms with Crippen molar-refractivity contribution in [3.63, 3.8) is 0 Å². The highest BCUT2D eigenvalue weighted by atomic mass is 16.6. The van der Waals surface area contributed by atoms with Crippen LogP contribution in [-0.2, 0) is 0 Å². The van der Waals surface area contributed by atoms with E-state index in [-0.39, 0.29) is 23.6 Å². The zero-order valence-corrected chi connectivity index (χ0v) is 16.6. The van der Waals surface area contributed by atoms with Gasteiger partial charge in [-0.2, -0.15) is 0 Å². The lowest BCUT2D eigenvalue weighted by molar-refractivity contribution is -0.385. The zero-order chi connectivity index (χ0) is 22.2. The number of nitrogens with one attached hydrogen (secondary N) is 3. The van der Waals surface area contributed by atoms with Crippen LogP contribution in [0.3, 0.4) is 0 Å². The molecule has 0 spiro atoms. The SMILES string of the molecule is CCOc1ccc(C(=O)Nc2cccc(NC(=O)Nc3ccccc3)c2)cc1[N+](=O)[O-]. The van der Waals surface area contributed by atoms with Gasteiger partial charge in [-0.25, -0.2) is 4.79 Å². The van der Waals surface area contributed by atoms with Crippen LogP contribution in [0.25, 0.3) is 0 Å². The molecule has 0 unspecified atom stereocenters. The summed E-state index contributed by atoms with van der Waals surface area (Å²) in [6, 6.07) is 19.1. The number of para-hydroxylation sites is 1. The summed E-state index contributed by atoms with van der Waals surface area (Å²) in [5, 5.41) is 19.3. The van der Waals surface area contributed by atoms with Crippen molar-refractivity contribution in [3.05, 3.63) is 88.5 Å². The molecule has 0 aliphatic carbocycles. The summed E-state index contributed by atoms with van der Waals surface area (Å²) in [6.07, 6.45) is 0. The van der Waals surface area contributed by atoms with E-state index in [4.69, 9.17) is 4.74 Å². The molecule has 3 aromatic carbocycles. The Hall–Kier alpha value is -4.40. The first-order valence-electron chi connectivity index (χ1n) is 9.42. The van der Waals surface area contributed by atoms with Gasteiger partial charge in [-0.05, 0) is 49.4 Å². The molecule has 158 valence electrons. The van der Waals surface area contributed by atoms with Crippen molar-refractivity contribution >= 4 is 34.7 Å². The molecule has 0 aliphatic rings. The van der Waals surface area contributed by atoms with Crippen molar-refractivity contribution in [2.24, 2.45) is 0 Å². The molecule has 0 saturated heterocycles. The van der Waals surface area contributed by atoms with E-state index >= 15 is 0 Å². The molecule has 3 amide bonds. The third kappa shape index (κ3) is 5.80. The minimum absolute atomic E-state index is 0.0969. The predicted octanol–water partition coefficient (Wildman–Crippen LogP) is 4.89. The number of amides is 3. The topological polar surface area (TPSA) is 123 Å². The van der Waals surface area contributed by atoms with E-state index in [2.05, 4.69) is 16.0 Å². The van der Waals surface area contributed by atoms with Crippen LogP contribution in [0.4, 0.5) is 27.5 Å². The van der Waals surface area contributed by atoms with Gasteiger partial charge < -0.3 is 20.7 Å². The lowest BCUT2D eigenvalue weighted by Gasteiger charge is -2.10. The van der Waals surface area contributed by atoms with Crippen molar-refractivity contribution in [2.45, 2.75) is 6.92 Å². The molecule has 0 radical (unpaired) electrons. The summed E-state index contributed by atoms with van der Waals surface area (Å²) in [5.74, 6) is -0.434. The smallest absolute Gasteiger partial charge is 0.323 e. The largest absolute Gasteiger partial charge is 0.487 e. The van der Waals surface area contributed by atoms with Gasteiger partial charge in [0.2, 0.25) is 0 Å². The standard InChI is InChI=1S/C22H20N4O5/c1-2-31-20-12-11-15(13-19(20)26(29)30)21(27)23-17-9-6-10-18(14-17)25-22(28)24-16-7-4-3-5-8-16/h3-14H,2H2,1H3,(H,23,27)(H2,24,25,28). The number of nitro groups is 1. The zero-order valence-electron chi connectivity index (χ0n) is 16.6. The minimum Gasteiger partial charge on any atom is -0.487 e. The van der Waals surface area contributed by atoms with Gasteiger partial charge in [0.05, 0.1) is 11.5 Å². The molecule has 0 saturated carbocycles. The number of anilines is 3. The number of benzene rings is 3. The normalized spacial score (nSPS) is 10.1. The van der Waals surface area contributed by atoms with Crippen molar-refractivity contribution in [1.82, 2.24) is 0 Å². The van der Waals surface area contributed by atoms with Crippen LogP contribution in [0.15, 0.2) is 72.8 Å². The monoisotopic (exact) mass is 420 g/mol. The van der Waals surface area contributed by atoms with Crippen molar-refractivity contribution in [1.29, 1.82) is 0 Å². The highest BCUT2D eigenvalue weighted by molar-refractivity contribution is 6.05. The molecule has 0 aliphatic heterocycles. The van der Waals surface area contributed by atoms with Gasteiger partial charge in [0, 0.05) is 28.7 Å². The van der Waals surface area contributed by atoms with Crippen LogP contribution < -0.4 is 20.7 Å². The second-order valence-electron chi connectivity index (χ2n) is 6.35. The van der Waals surface area contributed by atoms with E-state index in [0.29, 0.717) is 17.1 Å². The Morgan fingerprint density at radius 3 is 2.19 bits per heavy atom. The van der Waals surface area contributed by atoms with Crippen molar-refractivity contribution in [3.8, 4) is 5.75 Å². The maximum Gasteiger partial charge on any atom is 0.323 e. The summed E-state index contributed by atoms with van der Waals surface area (Å²) in [6.45, 7) is 1.98. The molecular weight excluding hydrogens is 400 g/mol. The fourth-order valence-electron chi connectivity index (χ4n) is 2.77. The van der Waals surface area contributed by atoms with Gasteiger partial charge in [0.15, 0.2) is 5.75 Å². The van der Waals surface area contributed by atoms with Crippen LogP contribution in [0.2, 0.25) is 0 Å². The number of rotatable bonds is 7. The molecule has 0 heterocycles. The molecule has 0 bridgehead atoms. The maximum atomic E-state index is 12.6. The molecule has 31 heavy (non-hydrogen) atoms. The molecule has 0 aromatic heterocycles. The summed E-state index contributed by atoms with van der Waals surface area (Å²) < 4.78 is 5.23. The summed E-state index contributed by atoms with van der Waals surface area (Å²) in [7, 11) is 0. The number of ether oxygens (including phenoxy) is 1. The molecule has 3 aromatic rings. The molecule has 9 nitrogen and oxygen atoms in total. The average Bonchev–Trinajstić information content (AvgIpc) is 2.75. The van der Waals surface area contributed by atoms with Gasteiger partial charge >= 0.3 is 11.7 Å². The fourth-order valence-corrected chi connectivity index (χ4v) is 2.77. The molecular formula is C22H20N4O5. The first kappa shape index (κ1) is 21.3. The van der Waals surface area contributed by atoms with E-state index in [1.54, 1.807) is 55.5 Å². The van der Waals surface area contributed by atoms with Gasteiger partial charge in [-0.1, -0.05) is 24.3 Å². The number of nitrogens with zero attached hydrogens (tertiary/aromatic N) is 1. The van der Waals surface area contributed by atoms with E-state index < -0.39 is 16.9 Å². The summed E-state index contributed by atoms with van der Waals surface area (Å²) >= 11 is 0. The second-order valence-corrected chi connectivity index (χ2v) is 6.35. The quantitative estimate of drug-likeness (QED) is 0.371. The van der Waals surface area contributed by atoms with Gasteiger partial charge in [-0.15, -0.1) is 0 Å². The maximum absolute atomic E-state index is 12.6. The first-order valence-corrected chi connectivity index (χ1v) is 9.42. The number of hydrogen-bond acceptors (Lipinski definition) is 5. The van der Waals surface area contributed by atoms with Gasteiger partial charge in [0.25, 0.3) is 5.91 Å². The highest BCUT2D eigenvalue weighted by Gasteiger charge is 2.18. The Morgan fingerprint density at radius 1 is 0.871 bits per heavy atom. The Bertz CT molecular complexity index is 1100. The van der Waals surface area contributed by atoms with E-state index in [1.807, 2.05) is 6.07 Å². The Kier molecular flexibility index (Phi) is 6.79. The second kappa shape index (κ2) is 9.88. The molecule has 0 atom stereocenters. The van der Waals surface area contributed by atoms with Crippen molar-refractivity contribution < 1.29 is 19.2 Å². The van der Waals surface area contributed by atoms with Crippen molar-refractivity contribution in [2.75, 3.05) is 22.6 Å². The molecule has 3 N–H and O–H groups in total. The lowest BCUT2D eigenvalue weighted by atomic mass is 10.1. The number of hydrogen-bond donors (Lipinski definition) is 3. The Balaban J connectivity index is 1.69. The molecule has 0 fully saturated rings. The number of carbonyl (C=O) groups is 2. The molecule has 3 rings (SSSR count). The predicted molar refractivity (Wildman–Crippen MR) is 118 cm³/mol. The summed E-state index contributed by atoms with van der Waals surface area (Å²) in [5.41, 5.74) is 1.34. The van der Waals surface area contributed by atoms with Gasteiger partial charge in [-0.3, -0.25) is 14.9 Å². The highest BCUT2D eigenvalue weighted by Crippen LogP contribution is 2.28. The minimum atomic E-state index is -0.600. The first-order chi connectivity index (χ1) is 15.0. The molecule has 9 heteroatoms. The van der Waals surface area contributed by atoms with E-state index in [1.165, 1.54) is 12.1 Å². The average molecular weight is 420 g/mol. The number of nitro benzene ring substituents is 1. The van der Waals surface area contributed by atoms with E-state index in [9.17, 15) is 19.7 Å². The van der Waals surface area contributed by atoms with Crippen LogP contribution in [-0.4, -0.2) is 23.5 Å². The van der Waals surface area contributed by atoms with Crippen LogP contribution >= 0.6 is 0 Å². The lowest BCUT2D eigenvalue weighted by Crippen LogP contribution is -2.19. The third-order valence-corrected chi connectivity index (χ3v) is 4.13. The third-order valence-electron chi connectivity index (χ3n) is 4.13. The van der Waals surface area contributed by atoms with Crippen LogP contribution in [0, 0.1) is 10.1 Å². The van der Waals surface area contributed by atoms with Crippen LogP contribution in [0.1, 0.15) is 17.3 Å². The summed E-state index contributed by atoms with van der Waals surface area (Å²) in [4.78, 5) is 35.4. The fraction of sp³-hybridized carbons (Fsp3) is 0.0909. The van der Waals surface area contributed by atoms with E-state index in [0.717, 1.165) is 6.07 Å². The number of carbonyl (C=O) groups excluding carboxylic acids is 2. The number of urea groups is 1. The Labute approximate surface area is 178 Å². The van der Waals surface area contributed by atoms with Gasteiger partial charge in [0.1, 0.15) is 0 Å². The van der Waals surface area contributed by atoms with Crippen LogP contribution in [0.5, 0.6) is 5.75 Å². The Morgan fingerprint density at radius 2 is 1.52 bits per heavy atom.